The average molecular weight is 955 g/mol. The molecule has 0 bridgehead atoms. The van der Waals surface area contributed by atoms with Crippen molar-refractivity contribution in [2.45, 2.75) is 116 Å². The van der Waals surface area contributed by atoms with E-state index in [-0.39, 0.29) is 71.2 Å². The molecule has 2 heterocycles. The fourth-order valence-corrected chi connectivity index (χ4v) is 19.3. The molecule has 320 valence electrons. The Bertz CT molecular complexity index is 1890. The maximum atomic E-state index is 7.38. The van der Waals surface area contributed by atoms with Gasteiger partial charge in [-0.1, -0.05) is 157 Å². The van der Waals surface area contributed by atoms with E-state index >= 15 is 0 Å². The van der Waals surface area contributed by atoms with Crippen LogP contribution in [0.5, 0.6) is 0 Å². The van der Waals surface area contributed by atoms with Crippen LogP contribution in [0.4, 0.5) is 0 Å². The van der Waals surface area contributed by atoms with Gasteiger partial charge in [0, 0.05) is 24.4 Å². The van der Waals surface area contributed by atoms with E-state index in [0.29, 0.717) is 6.61 Å². The maximum Gasteiger partial charge on any atom is 0.261 e. The number of hydrogen-bond acceptors (Lipinski definition) is 4. The standard InChI is InChI=1S/C53H68O4PSi.HI/c1-40(39-54-59(52(4,5)6,46-31-20-12-21-32-46)47-33-22-13-23-34-47)48-36-37-49(55-48)41(2)51-42(3)50(56-53(7,8)57-51)35-24-38-58(43-25-14-9-15-26-43,44-27-16-10-17-28-44)45-29-18-11-19-30-45;/h9-23,25-34,40-42,48-51H,24,35-39H2,1-8H3;1H/q+1;/p-1/t40-,41+,42+,48+,49-,50+,51+;/m0./s1. The van der Waals surface area contributed by atoms with Gasteiger partial charge in [0.2, 0.25) is 0 Å². The third kappa shape index (κ3) is 9.91. The lowest BCUT2D eigenvalue weighted by Gasteiger charge is -2.48. The topological polar surface area (TPSA) is 36.9 Å². The summed E-state index contributed by atoms with van der Waals surface area (Å²) in [6.45, 7) is 19.0. The summed E-state index contributed by atoms with van der Waals surface area (Å²) in [7, 11) is -4.55. The molecule has 0 saturated carbocycles. The molecule has 7 rings (SSSR count). The highest BCUT2D eigenvalue weighted by Crippen LogP contribution is 2.56. The third-order valence-electron chi connectivity index (χ3n) is 13.3. The van der Waals surface area contributed by atoms with E-state index in [0.717, 1.165) is 31.8 Å². The number of halogens is 1. The van der Waals surface area contributed by atoms with E-state index in [1.807, 2.05) is 0 Å². The van der Waals surface area contributed by atoms with Crippen LogP contribution >= 0.6 is 7.26 Å². The first-order valence-corrected chi connectivity index (χ1v) is 26.0. The van der Waals surface area contributed by atoms with E-state index < -0.39 is 21.4 Å². The molecular formula is C53H68IO4PSi. The molecule has 0 aliphatic carbocycles. The lowest BCUT2D eigenvalue weighted by molar-refractivity contribution is -0.331. The molecule has 2 fully saturated rings. The highest BCUT2D eigenvalue weighted by molar-refractivity contribution is 7.95. The molecule has 4 nitrogen and oxygen atoms in total. The summed E-state index contributed by atoms with van der Waals surface area (Å²) >= 11 is 0. The number of hydrogen-bond donors (Lipinski definition) is 0. The molecule has 2 saturated heterocycles. The smallest absolute Gasteiger partial charge is 0.261 e. The molecule has 2 aliphatic heterocycles. The molecule has 5 aromatic rings. The SMILES string of the molecule is C[C@@H]([C@H]1OC(C)(C)O[C@H](CCC[P+](c2ccccc2)(c2ccccc2)c2ccccc2)[C@H]1C)[C@@H]1CC[C@H]([C@@H](C)CO[Si](c2ccccc2)(c2ccccc2)C(C)(C)C)O1.[I-]. The first kappa shape index (κ1) is 46.8. The molecule has 0 radical (unpaired) electrons. The van der Waals surface area contributed by atoms with E-state index in [4.69, 9.17) is 18.6 Å². The number of benzene rings is 5. The van der Waals surface area contributed by atoms with Crippen molar-refractivity contribution in [3.63, 3.8) is 0 Å². The van der Waals surface area contributed by atoms with Gasteiger partial charge in [0.25, 0.3) is 8.32 Å². The molecule has 2 aliphatic rings. The normalized spacial score (nSPS) is 23.0. The Morgan fingerprint density at radius 2 is 1.10 bits per heavy atom. The van der Waals surface area contributed by atoms with Crippen LogP contribution < -0.4 is 50.3 Å². The van der Waals surface area contributed by atoms with Crippen molar-refractivity contribution < 1.29 is 42.6 Å². The molecule has 0 unspecified atom stereocenters. The van der Waals surface area contributed by atoms with Crippen molar-refractivity contribution in [2.75, 3.05) is 12.8 Å². The second kappa shape index (κ2) is 20.2. The van der Waals surface area contributed by atoms with Gasteiger partial charge in [-0.3, -0.25) is 0 Å². The zero-order chi connectivity index (χ0) is 41.7. The molecule has 0 N–H and O–H groups in total. The average Bonchev–Trinajstić information content (AvgIpc) is 3.75. The van der Waals surface area contributed by atoms with Gasteiger partial charge >= 0.3 is 0 Å². The second-order valence-electron chi connectivity index (χ2n) is 18.8. The Morgan fingerprint density at radius 3 is 1.55 bits per heavy atom. The van der Waals surface area contributed by atoms with Gasteiger partial charge in [0.15, 0.2) is 5.79 Å². The summed E-state index contributed by atoms with van der Waals surface area (Å²) in [5.41, 5.74) is 0. The fraction of sp³-hybridized carbons (Fsp3) is 0.434. The fourth-order valence-electron chi connectivity index (χ4n) is 10.3. The van der Waals surface area contributed by atoms with Crippen LogP contribution in [-0.4, -0.2) is 51.3 Å². The van der Waals surface area contributed by atoms with Crippen LogP contribution in [0.2, 0.25) is 5.04 Å². The molecular weight excluding hydrogens is 887 g/mol. The highest BCUT2D eigenvalue weighted by Gasteiger charge is 2.52. The summed E-state index contributed by atoms with van der Waals surface area (Å²) in [4.78, 5) is 0. The highest BCUT2D eigenvalue weighted by atomic mass is 127. The van der Waals surface area contributed by atoms with Crippen LogP contribution in [0.25, 0.3) is 0 Å². The lowest BCUT2D eigenvalue weighted by Crippen LogP contribution is -3.00. The lowest BCUT2D eigenvalue weighted by atomic mass is 9.82. The van der Waals surface area contributed by atoms with Crippen LogP contribution in [0, 0.1) is 17.8 Å². The van der Waals surface area contributed by atoms with Gasteiger partial charge in [-0.15, -0.1) is 0 Å². The molecule has 0 spiro atoms. The van der Waals surface area contributed by atoms with Crippen molar-refractivity contribution in [1.82, 2.24) is 0 Å². The van der Waals surface area contributed by atoms with Crippen molar-refractivity contribution in [3.05, 3.63) is 152 Å². The first-order valence-electron chi connectivity index (χ1n) is 22.2. The molecule has 0 aromatic heterocycles. The van der Waals surface area contributed by atoms with Crippen molar-refractivity contribution >= 4 is 41.9 Å². The third-order valence-corrected chi connectivity index (χ3v) is 22.9. The van der Waals surface area contributed by atoms with Crippen molar-refractivity contribution in [2.24, 2.45) is 17.8 Å². The van der Waals surface area contributed by atoms with E-state index in [2.05, 4.69) is 207 Å². The molecule has 7 atom stereocenters. The quantitative estimate of drug-likeness (QED) is 0.0627. The van der Waals surface area contributed by atoms with Gasteiger partial charge in [0.1, 0.15) is 23.2 Å². The zero-order valence-corrected chi connectivity index (χ0v) is 41.2. The summed E-state index contributed by atoms with van der Waals surface area (Å²) in [6.07, 6.45) is 5.59. The second-order valence-corrected chi connectivity index (χ2v) is 26.7. The minimum absolute atomic E-state index is 0. The Hall–Kier alpha value is -2.68. The van der Waals surface area contributed by atoms with Crippen LogP contribution in [0.15, 0.2) is 152 Å². The predicted octanol–water partition coefficient (Wildman–Crippen LogP) is 7.32. The van der Waals surface area contributed by atoms with Gasteiger partial charge in [0.05, 0.1) is 30.6 Å². The summed E-state index contributed by atoms with van der Waals surface area (Å²) in [5, 5.41) is 6.88. The number of rotatable bonds is 15. The summed E-state index contributed by atoms with van der Waals surface area (Å²) in [5.74, 6) is 0.0493. The van der Waals surface area contributed by atoms with Gasteiger partial charge in [-0.25, -0.2) is 0 Å². The molecule has 0 amide bonds. The van der Waals surface area contributed by atoms with Gasteiger partial charge in [-0.05, 0) is 91.3 Å². The van der Waals surface area contributed by atoms with E-state index in [1.165, 1.54) is 26.3 Å². The first-order chi connectivity index (χ1) is 28.4. The van der Waals surface area contributed by atoms with Gasteiger partial charge < -0.3 is 42.6 Å². The Labute approximate surface area is 380 Å². The zero-order valence-electron chi connectivity index (χ0n) is 37.2. The Morgan fingerprint density at radius 1 is 0.667 bits per heavy atom. The molecule has 60 heavy (non-hydrogen) atoms. The molecule has 5 aromatic carbocycles. The largest absolute Gasteiger partial charge is 1.00 e. The minimum atomic E-state index is -2.63. The van der Waals surface area contributed by atoms with Crippen molar-refractivity contribution in [3.8, 4) is 0 Å². The Balaban J connectivity index is 0.00000604. The monoisotopic (exact) mass is 954 g/mol. The van der Waals surface area contributed by atoms with Crippen molar-refractivity contribution in [1.29, 1.82) is 0 Å². The van der Waals surface area contributed by atoms with E-state index in [1.54, 1.807) is 0 Å². The number of ether oxygens (including phenoxy) is 3. The molecule has 7 heteroatoms. The maximum absolute atomic E-state index is 7.38. The predicted molar refractivity (Wildman–Crippen MR) is 252 cm³/mol. The van der Waals surface area contributed by atoms with Crippen LogP contribution in [-0.2, 0) is 18.6 Å². The summed E-state index contributed by atoms with van der Waals surface area (Å²) < 4.78 is 28.1. The van der Waals surface area contributed by atoms with E-state index in [9.17, 15) is 0 Å². The van der Waals surface area contributed by atoms with Crippen LogP contribution in [0.1, 0.15) is 81.1 Å². The minimum Gasteiger partial charge on any atom is -1.00 e. The summed E-state index contributed by atoms with van der Waals surface area (Å²) in [6, 6.07) is 55.6. The Kier molecular flexibility index (Phi) is 15.8. The van der Waals surface area contributed by atoms with Crippen LogP contribution in [0.3, 0.4) is 0 Å². The van der Waals surface area contributed by atoms with Gasteiger partial charge in [-0.2, -0.15) is 0 Å².